The number of amides is 2. The number of nitrogens with zero attached hydrogens (tertiary/aromatic N) is 5. The van der Waals surface area contributed by atoms with E-state index >= 15 is 0 Å². The van der Waals surface area contributed by atoms with Crippen molar-refractivity contribution < 1.29 is 9.59 Å². The van der Waals surface area contributed by atoms with Crippen LogP contribution >= 0.6 is 23.4 Å². The molecule has 2 rings (SSSR count). The predicted molar refractivity (Wildman–Crippen MR) is 114 cm³/mol. The van der Waals surface area contributed by atoms with Crippen LogP contribution in [0.2, 0.25) is 5.15 Å². The maximum Gasteiger partial charge on any atom is 0.233 e. The molecule has 0 unspecified atom stereocenters. The zero-order chi connectivity index (χ0) is 20.5. The fourth-order valence-electron chi connectivity index (χ4n) is 3.14. The fraction of sp³-hybridized carbons (Fsp3) is 0.684. The molecule has 1 aromatic heterocycles. The van der Waals surface area contributed by atoms with E-state index in [2.05, 4.69) is 28.7 Å². The van der Waals surface area contributed by atoms with Crippen LogP contribution in [0.1, 0.15) is 40.0 Å². The summed E-state index contributed by atoms with van der Waals surface area (Å²) >= 11 is 7.52. The van der Waals surface area contributed by atoms with Crippen molar-refractivity contribution in [1.29, 1.82) is 0 Å². The second-order valence-electron chi connectivity index (χ2n) is 6.72. The number of thioether (sulfide) groups is 1. The van der Waals surface area contributed by atoms with Gasteiger partial charge in [-0.15, -0.1) is 0 Å². The van der Waals surface area contributed by atoms with Gasteiger partial charge in [0.1, 0.15) is 11.0 Å². The number of aromatic nitrogens is 2. The Bertz CT molecular complexity index is 662. The molecule has 0 radical (unpaired) electrons. The Hall–Kier alpha value is -1.54. The molecule has 0 aliphatic carbocycles. The van der Waals surface area contributed by atoms with Gasteiger partial charge in [0.05, 0.1) is 5.75 Å². The average molecular weight is 428 g/mol. The standard InChI is InChI=1S/C19H30ClN5O2S/c1-4-7-24(8-5-2)18(27)14-28-19-21-15(20)13-16(22-19)23-9-11-25(12-10-23)17(26)6-3/h13H,4-12,14H2,1-3H3. The number of carbonyl (C=O) groups is 2. The van der Waals surface area contributed by atoms with Crippen molar-refractivity contribution in [3.8, 4) is 0 Å². The molecule has 0 atom stereocenters. The van der Waals surface area contributed by atoms with Crippen LogP contribution in [0.25, 0.3) is 0 Å². The van der Waals surface area contributed by atoms with E-state index in [4.69, 9.17) is 11.6 Å². The van der Waals surface area contributed by atoms with Gasteiger partial charge in [-0.25, -0.2) is 9.97 Å². The fourth-order valence-corrected chi connectivity index (χ4v) is 4.12. The summed E-state index contributed by atoms with van der Waals surface area (Å²) in [6, 6.07) is 1.74. The molecule has 9 heteroatoms. The van der Waals surface area contributed by atoms with Gasteiger partial charge in [-0.05, 0) is 12.8 Å². The first kappa shape index (κ1) is 22.7. The summed E-state index contributed by atoms with van der Waals surface area (Å²) in [6.07, 6.45) is 2.42. The Morgan fingerprint density at radius 2 is 1.75 bits per heavy atom. The van der Waals surface area contributed by atoms with E-state index in [1.165, 1.54) is 11.8 Å². The zero-order valence-corrected chi connectivity index (χ0v) is 18.6. The van der Waals surface area contributed by atoms with Gasteiger partial charge in [0.25, 0.3) is 0 Å². The lowest BCUT2D eigenvalue weighted by molar-refractivity contribution is -0.131. The van der Waals surface area contributed by atoms with E-state index in [0.717, 1.165) is 31.7 Å². The van der Waals surface area contributed by atoms with Crippen molar-refractivity contribution in [1.82, 2.24) is 19.8 Å². The highest BCUT2D eigenvalue weighted by Gasteiger charge is 2.22. The van der Waals surface area contributed by atoms with Crippen LogP contribution < -0.4 is 4.90 Å². The van der Waals surface area contributed by atoms with Crippen molar-refractivity contribution in [3.05, 3.63) is 11.2 Å². The summed E-state index contributed by atoms with van der Waals surface area (Å²) in [5, 5.41) is 0.877. The van der Waals surface area contributed by atoms with Gasteiger partial charge in [0.15, 0.2) is 5.16 Å². The van der Waals surface area contributed by atoms with Crippen LogP contribution in [0, 0.1) is 0 Å². The highest BCUT2D eigenvalue weighted by molar-refractivity contribution is 7.99. The van der Waals surface area contributed by atoms with E-state index < -0.39 is 0 Å². The molecule has 1 aromatic rings. The molecule has 1 aliphatic heterocycles. The van der Waals surface area contributed by atoms with Crippen LogP contribution in [0.5, 0.6) is 0 Å². The van der Waals surface area contributed by atoms with E-state index in [-0.39, 0.29) is 11.8 Å². The Balaban J connectivity index is 1.98. The molecule has 0 N–H and O–H groups in total. The van der Waals surface area contributed by atoms with E-state index in [9.17, 15) is 9.59 Å². The summed E-state index contributed by atoms with van der Waals surface area (Å²) in [4.78, 5) is 39.0. The van der Waals surface area contributed by atoms with Gasteiger partial charge in [0.2, 0.25) is 11.8 Å². The Morgan fingerprint density at radius 1 is 1.11 bits per heavy atom. The minimum atomic E-state index is 0.102. The summed E-state index contributed by atoms with van der Waals surface area (Å²) in [7, 11) is 0. The lowest BCUT2D eigenvalue weighted by atomic mass is 10.3. The van der Waals surface area contributed by atoms with Crippen molar-refractivity contribution in [3.63, 3.8) is 0 Å². The Kier molecular flexibility index (Phi) is 9.31. The minimum Gasteiger partial charge on any atom is -0.353 e. The third-order valence-electron chi connectivity index (χ3n) is 4.58. The van der Waals surface area contributed by atoms with Crippen molar-refractivity contribution in [2.75, 3.05) is 49.9 Å². The van der Waals surface area contributed by atoms with Crippen LogP contribution in [-0.2, 0) is 9.59 Å². The van der Waals surface area contributed by atoms with E-state index in [1.807, 2.05) is 16.7 Å². The highest BCUT2D eigenvalue weighted by atomic mass is 35.5. The van der Waals surface area contributed by atoms with E-state index in [1.54, 1.807) is 6.07 Å². The van der Waals surface area contributed by atoms with Gasteiger partial charge in [0, 0.05) is 51.8 Å². The largest absolute Gasteiger partial charge is 0.353 e. The number of anilines is 1. The molecule has 1 fully saturated rings. The lowest BCUT2D eigenvalue weighted by Gasteiger charge is -2.35. The summed E-state index contributed by atoms with van der Waals surface area (Å²) in [5.41, 5.74) is 0. The number of carbonyl (C=O) groups excluding carboxylic acids is 2. The second-order valence-corrected chi connectivity index (χ2v) is 8.05. The quantitative estimate of drug-likeness (QED) is 0.343. The zero-order valence-electron chi connectivity index (χ0n) is 17.0. The van der Waals surface area contributed by atoms with Gasteiger partial charge in [-0.2, -0.15) is 0 Å². The number of hydrogen-bond donors (Lipinski definition) is 0. The lowest BCUT2D eigenvalue weighted by Crippen LogP contribution is -2.48. The summed E-state index contributed by atoms with van der Waals surface area (Å²) in [6.45, 7) is 10.4. The number of halogens is 1. The smallest absolute Gasteiger partial charge is 0.233 e. The molecular weight excluding hydrogens is 398 g/mol. The molecule has 0 aromatic carbocycles. The third-order valence-corrected chi connectivity index (χ3v) is 5.61. The third kappa shape index (κ3) is 6.51. The van der Waals surface area contributed by atoms with Crippen LogP contribution in [0.3, 0.4) is 0 Å². The van der Waals surface area contributed by atoms with Crippen LogP contribution in [0.15, 0.2) is 11.2 Å². The van der Waals surface area contributed by atoms with Gasteiger partial charge in [-0.1, -0.05) is 44.1 Å². The Morgan fingerprint density at radius 3 is 2.32 bits per heavy atom. The normalized spacial score (nSPS) is 14.3. The first-order valence-electron chi connectivity index (χ1n) is 9.96. The van der Waals surface area contributed by atoms with Gasteiger partial charge < -0.3 is 14.7 Å². The topological polar surface area (TPSA) is 69.6 Å². The molecule has 2 heterocycles. The van der Waals surface area contributed by atoms with Crippen molar-refractivity contribution in [2.24, 2.45) is 0 Å². The van der Waals surface area contributed by atoms with E-state index in [0.29, 0.717) is 48.7 Å². The first-order valence-corrected chi connectivity index (χ1v) is 11.3. The molecule has 2 amide bonds. The molecule has 0 saturated carbocycles. The van der Waals surface area contributed by atoms with Crippen LogP contribution in [0.4, 0.5) is 5.82 Å². The summed E-state index contributed by atoms with van der Waals surface area (Å²) < 4.78 is 0. The van der Waals surface area contributed by atoms with Crippen molar-refractivity contribution >= 4 is 41.0 Å². The molecule has 1 saturated heterocycles. The average Bonchev–Trinajstić information content (AvgIpc) is 2.71. The van der Waals surface area contributed by atoms with Gasteiger partial charge in [-0.3, -0.25) is 9.59 Å². The predicted octanol–water partition coefficient (Wildman–Crippen LogP) is 2.93. The second kappa shape index (κ2) is 11.5. The molecule has 28 heavy (non-hydrogen) atoms. The molecule has 156 valence electrons. The van der Waals surface area contributed by atoms with Gasteiger partial charge >= 0.3 is 0 Å². The SMILES string of the molecule is CCCN(CCC)C(=O)CSc1nc(Cl)cc(N2CCN(C(=O)CC)CC2)n1. The van der Waals surface area contributed by atoms with Crippen molar-refractivity contribution in [2.45, 2.75) is 45.2 Å². The number of piperazine rings is 1. The number of rotatable bonds is 9. The molecule has 0 bridgehead atoms. The first-order chi connectivity index (χ1) is 13.5. The summed E-state index contributed by atoms with van der Waals surface area (Å²) in [5.74, 6) is 1.33. The molecule has 1 aliphatic rings. The molecule has 0 spiro atoms. The highest BCUT2D eigenvalue weighted by Crippen LogP contribution is 2.23. The minimum absolute atomic E-state index is 0.102. The van der Waals surface area contributed by atoms with Crippen LogP contribution in [-0.4, -0.2) is 76.6 Å². The maximum atomic E-state index is 12.5. The molecular formula is C19H30ClN5O2S. The number of hydrogen-bond acceptors (Lipinski definition) is 6. The molecule has 7 nitrogen and oxygen atoms in total. The Labute approximate surface area is 176 Å². The maximum absolute atomic E-state index is 12.5. The monoisotopic (exact) mass is 427 g/mol.